The number of nitrogens with zero attached hydrogens (tertiary/aromatic N) is 3. The largest absolute Gasteiger partial charge is 0.367 e. The minimum Gasteiger partial charge on any atom is -0.367 e. The molecule has 3 N–H and O–H groups in total. The first-order chi connectivity index (χ1) is 11.7. The highest BCUT2D eigenvalue weighted by Gasteiger charge is 2.27. The maximum absolute atomic E-state index is 12.5. The molecule has 0 saturated heterocycles. The number of rotatable bonds is 6. The number of carbonyl (C=O) groups is 1. The minimum absolute atomic E-state index is 0.0955. The third kappa shape index (κ3) is 3.28. The van der Waals surface area contributed by atoms with Crippen molar-refractivity contribution < 1.29 is 4.79 Å². The predicted octanol–water partition coefficient (Wildman–Crippen LogP) is 1.54. The Morgan fingerprint density at radius 3 is 2.83 bits per heavy atom. The monoisotopic (exact) mass is 327 g/mol. The molecule has 1 amide bonds. The molecule has 2 heterocycles. The van der Waals surface area contributed by atoms with E-state index in [0.29, 0.717) is 18.8 Å². The predicted molar refractivity (Wildman–Crippen MR) is 95.1 cm³/mol. The van der Waals surface area contributed by atoms with E-state index in [-0.39, 0.29) is 5.91 Å². The van der Waals surface area contributed by atoms with Crippen LogP contribution in [-0.4, -0.2) is 35.3 Å². The molecular weight excluding hydrogens is 302 g/mol. The molecule has 0 fully saturated rings. The van der Waals surface area contributed by atoms with Gasteiger partial charge in [0.1, 0.15) is 0 Å². The summed E-state index contributed by atoms with van der Waals surface area (Å²) in [4.78, 5) is 14.8. The van der Waals surface area contributed by atoms with Gasteiger partial charge in [-0.25, -0.2) is 0 Å². The summed E-state index contributed by atoms with van der Waals surface area (Å²) in [6, 6.07) is 10.3. The fraction of sp³-hybridized carbons (Fsp3) is 0.444. The van der Waals surface area contributed by atoms with E-state index in [1.54, 1.807) is 0 Å². The number of benzene rings is 1. The molecule has 6 heteroatoms. The molecular formula is C18H25N5O. The minimum atomic E-state index is -0.0955. The summed E-state index contributed by atoms with van der Waals surface area (Å²) in [5.74, 6) is -0.0955. The van der Waals surface area contributed by atoms with Crippen LogP contribution in [0.15, 0.2) is 30.3 Å². The van der Waals surface area contributed by atoms with Gasteiger partial charge in [-0.1, -0.05) is 18.2 Å². The van der Waals surface area contributed by atoms with Gasteiger partial charge in [0, 0.05) is 49.5 Å². The van der Waals surface area contributed by atoms with Gasteiger partial charge in [0.25, 0.3) is 5.91 Å². The zero-order chi connectivity index (χ0) is 16.9. The van der Waals surface area contributed by atoms with Crippen LogP contribution in [0, 0.1) is 0 Å². The summed E-state index contributed by atoms with van der Waals surface area (Å²) >= 11 is 0. The molecule has 2 aromatic rings. The van der Waals surface area contributed by atoms with Gasteiger partial charge in [-0.05, 0) is 32.0 Å². The standard InChI is InChI=1S/C18H25N5O/c1-2-23-16-9-12-22(14-7-4-3-5-8-14)13-15(16)17(21-23)18(24)20-11-6-10-19/h3-5,7-8H,2,6,9-13,19H2,1H3,(H,20,24). The van der Waals surface area contributed by atoms with E-state index >= 15 is 0 Å². The first-order valence-corrected chi connectivity index (χ1v) is 8.61. The molecule has 1 aliphatic heterocycles. The van der Waals surface area contributed by atoms with Crippen LogP contribution in [0.3, 0.4) is 0 Å². The SMILES string of the molecule is CCn1nc(C(=O)NCCCN)c2c1CCN(c1ccccc1)C2. The topological polar surface area (TPSA) is 76.2 Å². The Hall–Kier alpha value is -2.34. The van der Waals surface area contributed by atoms with Gasteiger partial charge < -0.3 is 16.0 Å². The second-order valence-electron chi connectivity index (χ2n) is 5.99. The van der Waals surface area contributed by atoms with Crippen molar-refractivity contribution in [2.45, 2.75) is 32.9 Å². The second-order valence-corrected chi connectivity index (χ2v) is 5.99. The Bertz CT molecular complexity index is 695. The van der Waals surface area contributed by atoms with Gasteiger partial charge in [-0.15, -0.1) is 0 Å². The number of hydrogen-bond acceptors (Lipinski definition) is 4. The molecule has 1 aliphatic rings. The summed E-state index contributed by atoms with van der Waals surface area (Å²) in [7, 11) is 0. The van der Waals surface area contributed by atoms with Crippen molar-refractivity contribution in [3.63, 3.8) is 0 Å². The number of anilines is 1. The number of nitrogens with one attached hydrogen (secondary N) is 1. The fourth-order valence-electron chi connectivity index (χ4n) is 3.18. The van der Waals surface area contributed by atoms with Crippen molar-refractivity contribution >= 4 is 11.6 Å². The highest BCUT2D eigenvalue weighted by Crippen LogP contribution is 2.26. The van der Waals surface area contributed by atoms with Crippen LogP contribution < -0.4 is 16.0 Å². The van der Waals surface area contributed by atoms with Crippen LogP contribution in [0.5, 0.6) is 0 Å². The van der Waals surface area contributed by atoms with Gasteiger partial charge in [0.15, 0.2) is 5.69 Å². The van der Waals surface area contributed by atoms with Gasteiger partial charge in [-0.2, -0.15) is 5.10 Å². The van der Waals surface area contributed by atoms with Crippen molar-refractivity contribution in [2.75, 3.05) is 24.5 Å². The van der Waals surface area contributed by atoms with Crippen LogP contribution in [0.2, 0.25) is 0 Å². The van der Waals surface area contributed by atoms with E-state index in [1.807, 2.05) is 22.9 Å². The lowest BCUT2D eigenvalue weighted by atomic mass is 10.0. The molecule has 1 aromatic carbocycles. The van der Waals surface area contributed by atoms with E-state index in [4.69, 9.17) is 5.73 Å². The number of fused-ring (bicyclic) bond motifs is 1. The third-order valence-corrected chi connectivity index (χ3v) is 4.44. The van der Waals surface area contributed by atoms with Crippen LogP contribution in [0.1, 0.15) is 35.1 Å². The molecule has 3 rings (SSSR count). The average Bonchev–Trinajstić information content (AvgIpc) is 3.00. The Morgan fingerprint density at radius 2 is 2.12 bits per heavy atom. The summed E-state index contributed by atoms with van der Waals surface area (Å²) in [6.07, 6.45) is 1.68. The molecule has 128 valence electrons. The van der Waals surface area contributed by atoms with Crippen molar-refractivity contribution in [3.8, 4) is 0 Å². The van der Waals surface area contributed by atoms with Crippen molar-refractivity contribution in [3.05, 3.63) is 47.3 Å². The molecule has 0 radical (unpaired) electrons. The van der Waals surface area contributed by atoms with Crippen molar-refractivity contribution in [1.29, 1.82) is 0 Å². The molecule has 0 bridgehead atoms. The van der Waals surface area contributed by atoms with E-state index < -0.39 is 0 Å². The van der Waals surface area contributed by atoms with Gasteiger partial charge >= 0.3 is 0 Å². The molecule has 0 unspecified atom stereocenters. The number of aromatic nitrogens is 2. The Labute approximate surface area is 142 Å². The number of para-hydroxylation sites is 1. The molecule has 0 spiro atoms. The first-order valence-electron chi connectivity index (χ1n) is 8.61. The maximum Gasteiger partial charge on any atom is 0.272 e. The molecule has 0 saturated carbocycles. The van der Waals surface area contributed by atoms with E-state index in [1.165, 1.54) is 11.4 Å². The lowest BCUT2D eigenvalue weighted by Crippen LogP contribution is -2.33. The molecule has 0 atom stereocenters. The zero-order valence-electron chi connectivity index (χ0n) is 14.2. The maximum atomic E-state index is 12.5. The van der Waals surface area contributed by atoms with E-state index in [0.717, 1.165) is 38.0 Å². The van der Waals surface area contributed by atoms with Crippen LogP contribution >= 0.6 is 0 Å². The highest BCUT2D eigenvalue weighted by atomic mass is 16.1. The van der Waals surface area contributed by atoms with Gasteiger partial charge in [0.2, 0.25) is 0 Å². The number of amides is 1. The Balaban J connectivity index is 1.85. The average molecular weight is 327 g/mol. The first kappa shape index (κ1) is 16.5. The molecule has 24 heavy (non-hydrogen) atoms. The van der Waals surface area contributed by atoms with Crippen LogP contribution in [-0.2, 0) is 19.5 Å². The number of nitrogens with two attached hydrogens (primary N) is 1. The quantitative estimate of drug-likeness (QED) is 0.789. The van der Waals surface area contributed by atoms with Crippen molar-refractivity contribution in [2.24, 2.45) is 5.73 Å². The van der Waals surface area contributed by atoms with E-state index in [9.17, 15) is 4.79 Å². The zero-order valence-corrected chi connectivity index (χ0v) is 14.2. The number of carbonyl (C=O) groups excluding carboxylic acids is 1. The van der Waals surface area contributed by atoms with Crippen LogP contribution in [0.4, 0.5) is 5.69 Å². The van der Waals surface area contributed by atoms with Crippen molar-refractivity contribution in [1.82, 2.24) is 15.1 Å². The molecule has 6 nitrogen and oxygen atoms in total. The van der Waals surface area contributed by atoms with Crippen LogP contribution in [0.25, 0.3) is 0 Å². The van der Waals surface area contributed by atoms with E-state index in [2.05, 4.69) is 34.4 Å². The van der Waals surface area contributed by atoms with Gasteiger partial charge in [-0.3, -0.25) is 9.48 Å². The lowest BCUT2D eigenvalue weighted by molar-refractivity contribution is 0.0946. The smallest absolute Gasteiger partial charge is 0.272 e. The normalized spacial score (nSPS) is 13.7. The summed E-state index contributed by atoms with van der Waals surface area (Å²) in [5.41, 5.74) is 9.48. The highest BCUT2D eigenvalue weighted by molar-refractivity contribution is 5.94. The molecule has 1 aromatic heterocycles. The Morgan fingerprint density at radius 1 is 1.33 bits per heavy atom. The summed E-state index contributed by atoms with van der Waals surface area (Å²) in [5, 5.41) is 7.49. The number of hydrogen-bond donors (Lipinski definition) is 2. The second kappa shape index (κ2) is 7.49. The summed E-state index contributed by atoms with van der Waals surface area (Å²) in [6.45, 7) is 5.67. The summed E-state index contributed by atoms with van der Waals surface area (Å²) < 4.78 is 1.97. The fourth-order valence-corrected chi connectivity index (χ4v) is 3.18. The number of aryl methyl sites for hydroxylation is 1. The van der Waals surface area contributed by atoms with Gasteiger partial charge in [0.05, 0.1) is 0 Å². The third-order valence-electron chi connectivity index (χ3n) is 4.44. The Kier molecular flexibility index (Phi) is 5.15. The molecule has 0 aliphatic carbocycles. The lowest BCUT2D eigenvalue weighted by Gasteiger charge is -2.29.